The first-order valence-corrected chi connectivity index (χ1v) is 12.6. The first-order chi connectivity index (χ1) is 18.1. The first kappa shape index (κ1) is 25.2. The third-order valence-electron chi connectivity index (χ3n) is 6.56. The van der Waals surface area contributed by atoms with Crippen LogP contribution in [0.5, 0.6) is 11.5 Å². The number of ether oxygens (including phenoxy) is 3. The molecule has 1 fully saturated rings. The van der Waals surface area contributed by atoms with Gasteiger partial charge in [-0.05, 0) is 29.8 Å². The number of halogens is 1. The van der Waals surface area contributed by atoms with Crippen molar-refractivity contribution in [2.75, 3.05) is 81.1 Å². The summed E-state index contributed by atoms with van der Waals surface area (Å²) in [5.74, 6) is 2.26. The van der Waals surface area contributed by atoms with Crippen molar-refractivity contribution < 1.29 is 14.2 Å². The van der Waals surface area contributed by atoms with Gasteiger partial charge in [-0.1, -0.05) is 11.6 Å². The quantitative estimate of drug-likeness (QED) is 0.420. The van der Waals surface area contributed by atoms with E-state index in [1.807, 2.05) is 18.2 Å². The predicted octanol–water partition coefficient (Wildman–Crippen LogP) is 4.01. The molecule has 2 aliphatic heterocycles. The standard InChI is InChI=1S/C26H32ClN7O3/c1-33-7-6-28-15-17-12-23(35-2)21(14-22(17)33)31-26-29-16-19(27)25(32-26)30-20-5-4-18(13-24(20)36-3)34-8-10-37-11-9-34/h4-5,12-14,16,28H,6-11,15H2,1-3H3,(H2,29,30,31,32). The average Bonchev–Trinajstić information content (AvgIpc) is 3.11. The normalized spacial score (nSPS) is 15.6. The van der Waals surface area contributed by atoms with Crippen LogP contribution in [0.1, 0.15) is 5.56 Å². The summed E-state index contributed by atoms with van der Waals surface area (Å²) in [5.41, 5.74) is 4.91. The lowest BCUT2D eigenvalue weighted by Crippen LogP contribution is -2.36. The summed E-state index contributed by atoms with van der Waals surface area (Å²) in [6, 6.07) is 10.1. The molecule has 1 aromatic heterocycles. The van der Waals surface area contributed by atoms with Crippen molar-refractivity contribution in [2.24, 2.45) is 0 Å². The third-order valence-corrected chi connectivity index (χ3v) is 6.83. The maximum absolute atomic E-state index is 6.47. The van der Waals surface area contributed by atoms with Gasteiger partial charge in [-0.25, -0.2) is 4.98 Å². The van der Waals surface area contributed by atoms with E-state index in [0.717, 1.165) is 68.7 Å². The molecule has 196 valence electrons. The Hall–Kier alpha value is -3.47. The van der Waals surface area contributed by atoms with E-state index in [9.17, 15) is 0 Å². The molecule has 3 heterocycles. The van der Waals surface area contributed by atoms with E-state index in [1.54, 1.807) is 20.4 Å². The van der Waals surface area contributed by atoms with Crippen LogP contribution < -0.4 is 35.2 Å². The van der Waals surface area contributed by atoms with Crippen LogP contribution in [-0.4, -0.2) is 70.6 Å². The maximum Gasteiger partial charge on any atom is 0.229 e. The van der Waals surface area contributed by atoms with Crippen molar-refractivity contribution in [3.05, 3.63) is 47.1 Å². The fourth-order valence-corrected chi connectivity index (χ4v) is 4.67. The molecule has 5 rings (SSSR count). The van der Waals surface area contributed by atoms with E-state index in [0.29, 0.717) is 28.3 Å². The zero-order valence-electron chi connectivity index (χ0n) is 21.3. The van der Waals surface area contributed by atoms with Gasteiger partial charge in [-0.2, -0.15) is 4.98 Å². The van der Waals surface area contributed by atoms with E-state index in [1.165, 1.54) is 5.56 Å². The second-order valence-electron chi connectivity index (χ2n) is 8.90. The third kappa shape index (κ3) is 5.61. The monoisotopic (exact) mass is 525 g/mol. The minimum Gasteiger partial charge on any atom is -0.495 e. The second-order valence-corrected chi connectivity index (χ2v) is 9.31. The number of rotatable bonds is 7. The Balaban J connectivity index is 1.40. The largest absolute Gasteiger partial charge is 0.495 e. The number of benzene rings is 2. The summed E-state index contributed by atoms with van der Waals surface area (Å²) >= 11 is 6.47. The average molecular weight is 526 g/mol. The summed E-state index contributed by atoms with van der Waals surface area (Å²) in [4.78, 5) is 13.5. The van der Waals surface area contributed by atoms with Crippen LogP contribution in [0.15, 0.2) is 36.5 Å². The first-order valence-electron chi connectivity index (χ1n) is 12.3. The SMILES string of the molecule is COc1cc2c(cc1Nc1ncc(Cl)c(Nc3ccc(N4CCOCC4)cc3OC)n1)N(C)CCNC2. The Morgan fingerprint density at radius 3 is 2.57 bits per heavy atom. The number of nitrogens with one attached hydrogen (secondary N) is 3. The Bertz CT molecular complexity index is 1250. The van der Waals surface area contributed by atoms with Crippen molar-refractivity contribution in [3.63, 3.8) is 0 Å². The second kappa shape index (κ2) is 11.3. The van der Waals surface area contributed by atoms with Crippen molar-refractivity contribution in [3.8, 4) is 11.5 Å². The molecule has 2 aliphatic rings. The fourth-order valence-electron chi connectivity index (χ4n) is 4.53. The van der Waals surface area contributed by atoms with Gasteiger partial charge in [0.15, 0.2) is 5.82 Å². The van der Waals surface area contributed by atoms with Gasteiger partial charge >= 0.3 is 0 Å². The molecule has 0 amide bonds. The van der Waals surface area contributed by atoms with E-state index in [4.69, 9.17) is 25.8 Å². The summed E-state index contributed by atoms with van der Waals surface area (Å²) in [6.45, 7) is 5.75. The Morgan fingerprint density at radius 1 is 1.00 bits per heavy atom. The van der Waals surface area contributed by atoms with E-state index in [2.05, 4.69) is 54.9 Å². The highest BCUT2D eigenvalue weighted by molar-refractivity contribution is 6.33. The highest BCUT2D eigenvalue weighted by Gasteiger charge is 2.18. The predicted molar refractivity (Wildman–Crippen MR) is 148 cm³/mol. The minimum absolute atomic E-state index is 0.392. The Kier molecular flexibility index (Phi) is 7.68. The van der Waals surface area contributed by atoms with Gasteiger partial charge in [0.1, 0.15) is 16.5 Å². The zero-order valence-corrected chi connectivity index (χ0v) is 22.1. The van der Waals surface area contributed by atoms with Crippen LogP contribution in [0.25, 0.3) is 0 Å². The summed E-state index contributed by atoms with van der Waals surface area (Å²) in [5, 5.41) is 10.4. The van der Waals surface area contributed by atoms with Crippen LogP contribution in [0.3, 0.4) is 0 Å². The molecule has 0 atom stereocenters. The molecule has 0 unspecified atom stereocenters. The Morgan fingerprint density at radius 2 is 1.78 bits per heavy atom. The summed E-state index contributed by atoms with van der Waals surface area (Å²) < 4.78 is 16.8. The molecule has 11 heteroatoms. The highest BCUT2D eigenvalue weighted by atomic mass is 35.5. The lowest BCUT2D eigenvalue weighted by molar-refractivity contribution is 0.122. The molecule has 0 aliphatic carbocycles. The topological polar surface area (TPSA) is 96.0 Å². The van der Waals surface area contributed by atoms with Crippen LogP contribution in [0.4, 0.5) is 34.5 Å². The molecule has 0 saturated carbocycles. The molecule has 2 aromatic carbocycles. The van der Waals surface area contributed by atoms with Crippen molar-refractivity contribution in [1.29, 1.82) is 0 Å². The molecular weight excluding hydrogens is 494 g/mol. The molecule has 0 bridgehead atoms. The van der Waals surface area contributed by atoms with Crippen LogP contribution in [0.2, 0.25) is 5.02 Å². The van der Waals surface area contributed by atoms with Gasteiger partial charge in [0.2, 0.25) is 5.95 Å². The lowest BCUT2D eigenvalue weighted by atomic mass is 10.1. The zero-order chi connectivity index (χ0) is 25.8. The van der Waals surface area contributed by atoms with Gasteiger partial charge < -0.3 is 40.0 Å². The molecule has 0 radical (unpaired) electrons. The van der Waals surface area contributed by atoms with Gasteiger partial charge in [0.25, 0.3) is 0 Å². The van der Waals surface area contributed by atoms with Crippen LogP contribution in [0, 0.1) is 0 Å². The van der Waals surface area contributed by atoms with Crippen molar-refractivity contribution >= 4 is 46.1 Å². The van der Waals surface area contributed by atoms with E-state index in [-0.39, 0.29) is 0 Å². The number of methoxy groups -OCH3 is 2. The summed E-state index contributed by atoms with van der Waals surface area (Å²) in [7, 11) is 5.39. The van der Waals surface area contributed by atoms with E-state index < -0.39 is 0 Å². The Labute approximate surface area is 221 Å². The molecule has 3 aromatic rings. The van der Waals surface area contributed by atoms with Crippen molar-refractivity contribution in [2.45, 2.75) is 6.54 Å². The smallest absolute Gasteiger partial charge is 0.229 e. The van der Waals surface area contributed by atoms with E-state index >= 15 is 0 Å². The van der Waals surface area contributed by atoms with Gasteiger partial charge in [-0.15, -0.1) is 0 Å². The number of aromatic nitrogens is 2. The highest BCUT2D eigenvalue weighted by Crippen LogP contribution is 2.37. The summed E-state index contributed by atoms with van der Waals surface area (Å²) in [6.07, 6.45) is 1.57. The number of anilines is 6. The molecule has 3 N–H and O–H groups in total. The van der Waals surface area contributed by atoms with Gasteiger partial charge in [0, 0.05) is 57.2 Å². The number of likely N-dealkylation sites (N-methyl/N-ethyl adjacent to an activating group) is 1. The fraction of sp³-hybridized carbons (Fsp3) is 0.385. The number of morpholine rings is 1. The molecule has 1 saturated heterocycles. The molecule has 37 heavy (non-hydrogen) atoms. The number of nitrogens with zero attached hydrogens (tertiary/aromatic N) is 4. The number of hydrogen-bond donors (Lipinski definition) is 3. The maximum atomic E-state index is 6.47. The molecular formula is C26H32ClN7O3. The minimum atomic E-state index is 0.392. The van der Waals surface area contributed by atoms with Crippen LogP contribution >= 0.6 is 11.6 Å². The van der Waals surface area contributed by atoms with Crippen molar-refractivity contribution in [1.82, 2.24) is 15.3 Å². The molecule has 0 spiro atoms. The molecule has 10 nitrogen and oxygen atoms in total. The number of hydrogen-bond acceptors (Lipinski definition) is 10. The van der Waals surface area contributed by atoms with Gasteiger partial charge in [-0.3, -0.25) is 0 Å². The van der Waals surface area contributed by atoms with Gasteiger partial charge in [0.05, 0.1) is 45.0 Å². The number of fused-ring (bicyclic) bond motifs is 1. The van der Waals surface area contributed by atoms with Crippen LogP contribution in [-0.2, 0) is 11.3 Å². The lowest BCUT2D eigenvalue weighted by Gasteiger charge is -2.29.